The van der Waals surface area contributed by atoms with Crippen molar-refractivity contribution in [2.45, 2.75) is 32.0 Å². The fraction of sp³-hybridized carbons (Fsp3) is 0.333. The summed E-state index contributed by atoms with van der Waals surface area (Å²) in [4.78, 5) is 15.5. The Balaban J connectivity index is 2.06. The number of nitrogens with zero attached hydrogens (tertiary/aromatic N) is 1. The van der Waals surface area contributed by atoms with E-state index >= 15 is 0 Å². The number of carbonyl (C=O) groups excluding carboxylic acids is 1. The largest absolute Gasteiger partial charge is 0.367 e. The predicted molar refractivity (Wildman–Crippen MR) is 70.9 cm³/mol. The van der Waals surface area contributed by atoms with Crippen molar-refractivity contribution in [1.29, 1.82) is 5.26 Å². The molecule has 2 heterocycles. The number of hydrogen-bond donors (Lipinski definition) is 1. The van der Waals surface area contributed by atoms with Gasteiger partial charge in [0, 0.05) is 22.7 Å². The number of benzene rings is 1. The lowest BCUT2D eigenvalue weighted by atomic mass is 10.0. The van der Waals surface area contributed by atoms with Crippen LogP contribution in [-0.2, 0) is 4.74 Å². The van der Waals surface area contributed by atoms with E-state index in [9.17, 15) is 4.79 Å². The standard InChI is InChI=1S/C15H14N2O2/c1-9-5-6-13(19-9)15(18)11-8-17-12-4-2-3-10(7-16)14(11)12/h2-4,8-9,13,17H,5-6H2,1H3. The van der Waals surface area contributed by atoms with Crippen molar-refractivity contribution < 1.29 is 9.53 Å². The van der Waals surface area contributed by atoms with E-state index in [2.05, 4.69) is 11.1 Å². The third kappa shape index (κ3) is 1.92. The molecule has 1 aromatic carbocycles. The lowest BCUT2D eigenvalue weighted by Gasteiger charge is -2.09. The summed E-state index contributed by atoms with van der Waals surface area (Å²) in [5.74, 6) is -0.0294. The summed E-state index contributed by atoms with van der Waals surface area (Å²) in [6, 6.07) is 7.54. The molecule has 4 nitrogen and oxygen atoms in total. The van der Waals surface area contributed by atoms with E-state index in [1.165, 1.54) is 0 Å². The molecule has 1 aliphatic rings. The fourth-order valence-corrected chi connectivity index (χ4v) is 2.64. The van der Waals surface area contributed by atoms with Gasteiger partial charge in [-0.25, -0.2) is 0 Å². The first kappa shape index (κ1) is 11.9. The highest BCUT2D eigenvalue weighted by Crippen LogP contribution is 2.28. The first-order valence-corrected chi connectivity index (χ1v) is 6.40. The molecule has 2 aromatic rings. The maximum absolute atomic E-state index is 12.5. The third-order valence-electron chi connectivity index (χ3n) is 3.62. The lowest BCUT2D eigenvalue weighted by Crippen LogP contribution is -2.20. The number of ketones is 1. The minimum absolute atomic E-state index is 0.0294. The molecule has 0 spiro atoms. The van der Waals surface area contributed by atoms with Gasteiger partial charge in [-0.05, 0) is 31.9 Å². The zero-order valence-electron chi connectivity index (χ0n) is 10.6. The van der Waals surface area contributed by atoms with Crippen LogP contribution in [0.3, 0.4) is 0 Å². The van der Waals surface area contributed by atoms with Crippen LogP contribution in [0.25, 0.3) is 10.9 Å². The number of carbonyl (C=O) groups is 1. The van der Waals surface area contributed by atoms with E-state index in [0.717, 1.165) is 18.4 Å². The van der Waals surface area contributed by atoms with Crippen LogP contribution in [0, 0.1) is 11.3 Å². The van der Waals surface area contributed by atoms with Crippen LogP contribution in [0.4, 0.5) is 0 Å². The Labute approximate surface area is 111 Å². The van der Waals surface area contributed by atoms with Gasteiger partial charge >= 0.3 is 0 Å². The van der Waals surface area contributed by atoms with Gasteiger partial charge in [0.15, 0.2) is 5.78 Å². The fourth-order valence-electron chi connectivity index (χ4n) is 2.64. The average molecular weight is 254 g/mol. The number of Topliss-reactive ketones (excluding diaryl/α,β-unsaturated/α-hetero) is 1. The van der Waals surface area contributed by atoms with E-state index in [0.29, 0.717) is 16.5 Å². The van der Waals surface area contributed by atoms with E-state index in [4.69, 9.17) is 10.00 Å². The van der Waals surface area contributed by atoms with Gasteiger partial charge in [-0.15, -0.1) is 0 Å². The van der Waals surface area contributed by atoms with Crippen molar-refractivity contribution in [2.75, 3.05) is 0 Å². The molecular weight excluding hydrogens is 240 g/mol. The first-order valence-electron chi connectivity index (χ1n) is 6.40. The molecule has 1 N–H and O–H groups in total. The van der Waals surface area contributed by atoms with Crippen molar-refractivity contribution in [1.82, 2.24) is 4.98 Å². The summed E-state index contributed by atoms with van der Waals surface area (Å²) in [6.07, 6.45) is 3.10. The zero-order chi connectivity index (χ0) is 13.4. The maximum atomic E-state index is 12.5. The Bertz CT molecular complexity index is 681. The van der Waals surface area contributed by atoms with E-state index < -0.39 is 0 Å². The number of H-pyrrole nitrogens is 1. The number of nitrogens with one attached hydrogen (secondary N) is 1. The summed E-state index contributed by atoms with van der Waals surface area (Å²) < 4.78 is 5.62. The van der Waals surface area contributed by atoms with E-state index in [1.807, 2.05) is 13.0 Å². The Morgan fingerprint density at radius 2 is 2.32 bits per heavy atom. The number of rotatable bonds is 2. The van der Waals surface area contributed by atoms with Crippen molar-refractivity contribution in [3.63, 3.8) is 0 Å². The molecule has 1 saturated heterocycles. The SMILES string of the molecule is CC1CCC(C(=O)c2c[nH]c3cccc(C#N)c23)O1. The van der Waals surface area contributed by atoms with Crippen molar-refractivity contribution in [3.8, 4) is 6.07 Å². The van der Waals surface area contributed by atoms with Crippen LogP contribution in [0.1, 0.15) is 35.7 Å². The topological polar surface area (TPSA) is 65.9 Å². The molecule has 96 valence electrons. The van der Waals surface area contributed by atoms with Crippen LogP contribution < -0.4 is 0 Å². The molecule has 2 atom stereocenters. The van der Waals surface area contributed by atoms with Crippen LogP contribution in [0.15, 0.2) is 24.4 Å². The number of ether oxygens (including phenoxy) is 1. The van der Waals surface area contributed by atoms with Crippen molar-refractivity contribution in [2.24, 2.45) is 0 Å². The molecule has 3 rings (SSSR count). The molecule has 4 heteroatoms. The number of aromatic amines is 1. The lowest BCUT2D eigenvalue weighted by molar-refractivity contribution is 0.0435. The third-order valence-corrected chi connectivity index (χ3v) is 3.62. The summed E-state index contributed by atoms with van der Waals surface area (Å²) >= 11 is 0. The number of hydrogen-bond acceptors (Lipinski definition) is 3. The van der Waals surface area contributed by atoms with E-state index in [-0.39, 0.29) is 18.0 Å². The molecule has 2 unspecified atom stereocenters. The van der Waals surface area contributed by atoms with Gasteiger partial charge in [-0.1, -0.05) is 6.07 Å². The molecule has 1 aromatic heterocycles. The monoisotopic (exact) mass is 254 g/mol. The van der Waals surface area contributed by atoms with Gasteiger partial charge < -0.3 is 9.72 Å². The minimum atomic E-state index is -0.374. The molecule has 19 heavy (non-hydrogen) atoms. The number of fused-ring (bicyclic) bond motifs is 1. The second kappa shape index (κ2) is 4.52. The molecule has 0 radical (unpaired) electrons. The second-order valence-corrected chi connectivity index (χ2v) is 4.92. The quantitative estimate of drug-likeness (QED) is 0.838. The number of nitriles is 1. The second-order valence-electron chi connectivity index (χ2n) is 4.92. The number of aromatic nitrogens is 1. The Kier molecular flexibility index (Phi) is 2.84. The minimum Gasteiger partial charge on any atom is -0.367 e. The Morgan fingerprint density at radius 1 is 1.47 bits per heavy atom. The molecule has 1 aliphatic heterocycles. The summed E-state index contributed by atoms with van der Waals surface area (Å²) in [6.45, 7) is 1.98. The van der Waals surface area contributed by atoms with Gasteiger partial charge in [0.1, 0.15) is 6.10 Å². The van der Waals surface area contributed by atoms with Crippen LogP contribution in [-0.4, -0.2) is 23.0 Å². The Morgan fingerprint density at radius 3 is 3.00 bits per heavy atom. The van der Waals surface area contributed by atoms with E-state index in [1.54, 1.807) is 18.3 Å². The molecule has 0 saturated carbocycles. The molecule has 0 aliphatic carbocycles. The molecular formula is C15H14N2O2. The van der Waals surface area contributed by atoms with Gasteiger partial charge in [0.25, 0.3) is 0 Å². The van der Waals surface area contributed by atoms with Gasteiger partial charge in [-0.2, -0.15) is 5.26 Å². The highest BCUT2D eigenvalue weighted by molar-refractivity contribution is 6.11. The molecule has 1 fully saturated rings. The normalized spacial score (nSPS) is 22.5. The van der Waals surface area contributed by atoms with Gasteiger partial charge in [0.05, 0.1) is 17.7 Å². The van der Waals surface area contributed by atoms with Crippen molar-refractivity contribution >= 4 is 16.7 Å². The summed E-state index contributed by atoms with van der Waals surface area (Å²) in [7, 11) is 0. The van der Waals surface area contributed by atoms with Gasteiger partial charge in [0.2, 0.25) is 0 Å². The first-order chi connectivity index (χ1) is 9.20. The highest BCUT2D eigenvalue weighted by Gasteiger charge is 2.30. The van der Waals surface area contributed by atoms with Crippen LogP contribution >= 0.6 is 0 Å². The van der Waals surface area contributed by atoms with Gasteiger partial charge in [-0.3, -0.25) is 4.79 Å². The average Bonchev–Trinajstić information content (AvgIpc) is 3.03. The molecule has 0 bridgehead atoms. The molecule has 0 amide bonds. The summed E-state index contributed by atoms with van der Waals surface area (Å²) in [5, 5.41) is 9.87. The van der Waals surface area contributed by atoms with Crippen LogP contribution in [0.5, 0.6) is 0 Å². The maximum Gasteiger partial charge on any atom is 0.193 e. The zero-order valence-corrected chi connectivity index (χ0v) is 10.6. The Hall–Kier alpha value is -2.12. The smallest absolute Gasteiger partial charge is 0.193 e. The summed E-state index contributed by atoms with van der Waals surface area (Å²) in [5.41, 5.74) is 1.90. The van der Waals surface area contributed by atoms with Crippen LogP contribution in [0.2, 0.25) is 0 Å². The predicted octanol–water partition coefficient (Wildman–Crippen LogP) is 2.79. The highest BCUT2D eigenvalue weighted by atomic mass is 16.5. The van der Waals surface area contributed by atoms with Crippen molar-refractivity contribution in [3.05, 3.63) is 35.5 Å².